The van der Waals surface area contributed by atoms with Gasteiger partial charge in [0, 0.05) is 48.7 Å². The lowest BCUT2D eigenvalue weighted by atomic mass is 9.98. The summed E-state index contributed by atoms with van der Waals surface area (Å²) in [6.07, 6.45) is 2.22. The molecule has 1 unspecified atom stereocenters. The van der Waals surface area contributed by atoms with Gasteiger partial charge < -0.3 is 14.0 Å². The zero-order valence-electron chi connectivity index (χ0n) is 21.5. The number of piperazine rings is 1. The van der Waals surface area contributed by atoms with Crippen molar-refractivity contribution < 1.29 is 4.52 Å². The Hall–Kier alpha value is -3.55. The maximum Gasteiger partial charge on any atom is 0.252 e. The van der Waals surface area contributed by atoms with Crippen LogP contribution in [0.2, 0.25) is 0 Å². The van der Waals surface area contributed by atoms with Gasteiger partial charge in [0.05, 0.1) is 11.2 Å². The van der Waals surface area contributed by atoms with E-state index >= 15 is 0 Å². The van der Waals surface area contributed by atoms with E-state index in [9.17, 15) is 10.1 Å². The first-order valence-corrected chi connectivity index (χ1v) is 13.7. The molecule has 4 aromatic rings. The zero-order valence-corrected chi connectivity index (χ0v) is 23.1. The number of halogens is 1. The molecule has 1 aliphatic heterocycles. The largest absolute Gasteiger partial charge is 0.364 e. The number of aromatic nitrogens is 4. The third kappa shape index (κ3) is 4.40. The van der Waals surface area contributed by atoms with Gasteiger partial charge in [0.2, 0.25) is 5.89 Å². The topological polar surface area (TPSA) is 104 Å². The average molecular weight is 574 g/mol. The molecule has 38 heavy (non-hydrogen) atoms. The minimum atomic E-state index is -0.189. The molecule has 10 heteroatoms. The summed E-state index contributed by atoms with van der Waals surface area (Å²) in [6, 6.07) is 15.4. The molecule has 3 atom stereocenters. The average Bonchev–Trinajstić information content (AvgIpc) is 3.66. The number of aryl methyl sites for hydroxylation is 1. The SMILES string of the molecule is C[C@@H]1CN(c2cc(=O)n(C)c3ccc(C#N)nc23)[C@@H](C)CN1C(c1ccc(Br)cc1)c1nc(C2CC2)no1. The number of nitrogens with zero attached hydrogens (tertiary/aromatic N) is 7. The summed E-state index contributed by atoms with van der Waals surface area (Å²) < 4.78 is 8.45. The Balaban J connectivity index is 1.38. The lowest BCUT2D eigenvalue weighted by Crippen LogP contribution is -2.57. The van der Waals surface area contributed by atoms with Crippen LogP contribution in [0.4, 0.5) is 5.69 Å². The number of hydrogen-bond donors (Lipinski definition) is 0. The summed E-state index contributed by atoms with van der Waals surface area (Å²) in [5.74, 6) is 1.82. The normalized spacial score (nSPS) is 21.0. The zero-order chi connectivity index (χ0) is 26.6. The van der Waals surface area contributed by atoms with E-state index in [0.717, 1.165) is 34.4 Å². The van der Waals surface area contributed by atoms with Crippen LogP contribution >= 0.6 is 15.9 Å². The Labute approximate surface area is 228 Å². The second-order valence-corrected chi connectivity index (χ2v) is 11.3. The van der Waals surface area contributed by atoms with Crippen molar-refractivity contribution in [1.82, 2.24) is 24.6 Å². The van der Waals surface area contributed by atoms with E-state index in [2.05, 4.69) is 67.9 Å². The highest BCUT2D eigenvalue weighted by Crippen LogP contribution is 2.40. The highest BCUT2D eigenvalue weighted by molar-refractivity contribution is 9.10. The molecule has 4 heterocycles. The molecule has 1 aliphatic carbocycles. The minimum absolute atomic E-state index is 0.0535. The molecule has 0 radical (unpaired) electrons. The van der Waals surface area contributed by atoms with Crippen LogP contribution in [0.1, 0.15) is 61.6 Å². The molecular weight excluding hydrogens is 546 g/mol. The van der Waals surface area contributed by atoms with Crippen LogP contribution in [0.15, 0.2) is 56.3 Å². The summed E-state index contributed by atoms with van der Waals surface area (Å²) >= 11 is 3.55. The first kappa shape index (κ1) is 24.8. The summed E-state index contributed by atoms with van der Waals surface area (Å²) in [4.78, 5) is 27.0. The number of hydrogen-bond acceptors (Lipinski definition) is 8. The highest BCUT2D eigenvalue weighted by atomic mass is 79.9. The van der Waals surface area contributed by atoms with Crippen molar-refractivity contribution >= 4 is 32.7 Å². The summed E-state index contributed by atoms with van der Waals surface area (Å²) in [6.45, 7) is 5.70. The van der Waals surface area contributed by atoms with Gasteiger partial charge >= 0.3 is 0 Å². The fraction of sp³-hybridized carbons (Fsp3) is 0.393. The van der Waals surface area contributed by atoms with Gasteiger partial charge in [0.15, 0.2) is 5.82 Å². The van der Waals surface area contributed by atoms with Crippen LogP contribution in [0, 0.1) is 11.3 Å². The first-order valence-electron chi connectivity index (χ1n) is 12.9. The second kappa shape index (κ2) is 9.64. The highest BCUT2D eigenvalue weighted by Gasteiger charge is 2.39. The molecule has 0 bridgehead atoms. The molecule has 0 spiro atoms. The Morgan fingerprint density at radius 1 is 1.08 bits per heavy atom. The molecule has 3 aromatic heterocycles. The third-order valence-corrected chi connectivity index (χ3v) is 8.21. The van der Waals surface area contributed by atoms with Crippen LogP contribution in [0.3, 0.4) is 0 Å². The molecule has 1 saturated carbocycles. The lowest BCUT2D eigenvalue weighted by Gasteiger charge is -2.47. The van der Waals surface area contributed by atoms with Crippen molar-refractivity contribution in [1.29, 1.82) is 5.26 Å². The quantitative estimate of drug-likeness (QED) is 0.343. The van der Waals surface area contributed by atoms with E-state index in [1.54, 1.807) is 29.8 Å². The van der Waals surface area contributed by atoms with Crippen molar-refractivity contribution in [3.05, 3.63) is 80.3 Å². The fourth-order valence-electron chi connectivity index (χ4n) is 5.43. The van der Waals surface area contributed by atoms with Crippen molar-refractivity contribution in [3.8, 4) is 6.07 Å². The number of benzene rings is 1. The summed E-state index contributed by atoms with van der Waals surface area (Å²) in [5.41, 5.74) is 3.44. The number of nitriles is 1. The molecule has 2 fully saturated rings. The maximum atomic E-state index is 12.9. The lowest BCUT2D eigenvalue weighted by molar-refractivity contribution is 0.110. The summed E-state index contributed by atoms with van der Waals surface area (Å²) in [7, 11) is 1.73. The van der Waals surface area contributed by atoms with Crippen LogP contribution in [0.25, 0.3) is 11.0 Å². The molecule has 6 rings (SSSR count). The van der Waals surface area contributed by atoms with Gasteiger partial charge in [0.1, 0.15) is 23.3 Å². The van der Waals surface area contributed by atoms with E-state index in [0.29, 0.717) is 41.6 Å². The van der Waals surface area contributed by atoms with Crippen molar-refractivity contribution in [3.63, 3.8) is 0 Å². The predicted octanol–water partition coefficient (Wildman–Crippen LogP) is 4.52. The molecule has 0 amide bonds. The first-order chi connectivity index (χ1) is 18.3. The Morgan fingerprint density at radius 3 is 2.55 bits per heavy atom. The van der Waals surface area contributed by atoms with Crippen LogP contribution in [-0.4, -0.2) is 49.8 Å². The van der Waals surface area contributed by atoms with Crippen molar-refractivity contribution in [2.75, 3.05) is 18.0 Å². The smallest absolute Gasteiger partial charge is 0.252 e. The van der Waals surface area contributed by atoms with Crippen LogP contribution in [-0.2, 0) is 7.05 Å². The van der Waals surface area contributed by atoms with Crippen LogP contribution in [0.5, 0.6) is 0 Å². The number of pyridine rings is 2. The third-order valence-electron chi connectivity index (χ3n) is 7.68. The van der Waals surface area contributed by atoms with E-state index < -0.39 is 0 Å². The Bertz CT molecular complexity index is 1600. The van der Waals surface area contributed by atoms with Gasteiger partial charge in [-0.15, -0.1) is 0 Å². The molecule has 1 aromatic carbocycles. The van der Waals surface area contributed by atoms with Gasteiger partial charge in [-0.25, -0.2) is 4.98 Å². The Morgan fingerprint density at radius 2 is 1.84 bits per heavy atom. The monoisotopic (exact) mass is 573 g/mol. The second-order valence-electron chi connectivity index (χ2n) is 10.4. The van der Waals surface area contributed by atoms with E-state index in [1.165, 1.54) is 0 Å². The maximum absolute atomic E-state index is 12.9. The van der Waals surface area contributed by atoms with Crippen LogP contribution < -0.4 is 10.5 Å². The number of rotatable bonds is 5. The molecule has 194 valence electrons. The van der Waals surface area contributed by atoms with E-state index in [1.807, 2.05) is 12.1 Å². The molecule has 0 N–H and O–H groups in total. The van der Waals surface area contributed by atoms with Gasteiger partial charge in [-0.2, -0.15) is 10.2 Å². The van der Waals surface area contributed by atoms with Gasteiger partial charge in [-0.3, -0.25) is 9.69 Å². The molecular formula is C28H28BrN7O2. The van der Waals surface area contributed by atoms with E-state index in [4.69, 9.17) is 9.51 Å². The van der Waals surface area contributed by atoms with Gasteiger partial charge in [-0.1, -0.05) is 33.2 Å². The molecule has 2 aliphatic rings. The Kier molecular flexibility index (Phi) is 6.28. The van der Waals surface area contributed by atoms with E-state index in [-0.39, 0.29) is 23.7 Å². The number of fused-ring (bicyclic) bond motifs is 1. The molecule has 9 nitrogen and oxygen atoms in total. The van der Waals surface area contributed by atoms with Crippen molar-refractivity contribution in [2.24, 2.45) is 7.05 Å². The fourth-order valence-corrected chi connectivity index (χ4v) is 5.69. The predicted molar refractivity (Wildman–Crippen MR) is 147 cm³/mol. The molecule has 1 saturated heterocycles. The van der Waals surface area contributed by atoms with Gasteiger partial charge in [0.25, 0.3) is 5.56 Å². The van der Waals surface area contributed by atoms with Gasteiger partial charge in [-0.05, 0) is 56.5 Å². The van der Waals surface area contributed by atoms with Crippen molar-refractivity contribution in [2.45, 2.75) is 50.7 Å². The standard InChI is InChI=1S/C28H28BrN7O2/c1-16-15-36(26(18-6-8-20(29)9-7-18)28-32-27(33-38-28)19-4-5-19)17(2)14-35(16)23-12-24(37)34(3)22-11-10-21(13-30)31-25(22)23/h6-12,16-17,19,26H,4-5,14-15H2,1-3H3/t16-,17+,26?/m0/s1. The number of anilines is 1. The minimum Gasteiger partial charge on any atom is -0.364 e. The summed E-state index contributed by atoms with van der Waals surface area (Å²) in [5, 5.41) is 13.8.